The smallest absolute Gasteiger partial charge is 0.406 e. The minimum absolute atomic E-state index is 0.00911. The first-order valence-corrected chi connectivity index (χ1v) is 16.7. The first-order valence-electron chi connectivity index (χ1n) is 20.0. The number of nitrogens with zero attached hydrogens (tertiary/aromatic N) is 3. The van der Waals surface area contributed by atoms with E-state index in [0.717, 1.165) is 0 Å². The number of nitrogens with two attached hydrogens (primary N) is 1. The maximum absolute atomic E-state index is 13.0. The number of hydrogen-bond donors (Lipinski definition) is 2. The Morgan fingerprint density at radius 3 is 2.24 bits per heavy atom. The first-order chi connectivity index (χ1) is 26.5. The number of benzene rings is 3. The molecule has 3 aromatic carbocycles. The van der Waals surface area contributed by atoms with Gasteiger partial charge in [0.2, 0.25) is 0 Å². The minimum atomic E-state index is -4.89. The number of ether oxygens (including phenoxy) is 1. The van der Waals surface area contributed by atoms with Gasteiger partial charge in [0, 0.05) is 101 Å². The Bertz CT molecular complexity index is 2070. The number of nitrogens with one attached hydrogen (secondary N) is 1. The molecule has 3 heterocycles. The molecule has 4 aromatic rings. The fourth-order valence-electron chi connectivity index (χ4n) is 6.14. The Balaban J connectivity index is 1.32. The van der Waals surface area contributed by atoms with Crippen molar-refractivity contribution in [3.05, 3.63) is 88.0 Å². The topological polar surface area (TPSA) is 75.8 Å². The molecule has 6 rings (SSSR count). The van der Waals surface area contributed by atoms with Crippen LogP contribution in [0.25, 0.3) is 22.0 Å². The van der Waals surface area contributed by atoms with Crippen molar-refractivity contribution in [3.8, 4) is 16.9 Å². The molecule has 0 amide bonds. The van der Waals surface area contributed by atoms with E-state index in [2.05, 4.69) is 10.1 Å². The molecule has 262 valence electrons. The molecule has 3 N–H and O–H groups in total. The number of carbonyl (C=O) groups excluding carboxylic acids is 1. The van der Waals surface area contributed by atoms with E-state index in [1.807, 2.05) is 10.8 Å². The molecule has 2 fully saturated rings. The number of carbonyl (C=O) groups is 1. The van der Waals surface area contributed by atoms with Gasteiger partial charge < -0.3 is 20.4 Å². The molecular weight excluding hydrogens is 674 g/mol. The second kappa shape index (κ2) is 15.4. The normalized spacial score (nSPS) is 24.0. The minimum Gasteiger partial charge on any atom is -0.406 e. The maximum Gasteiger partial charge on any atom is 0.573 e. The number of unbranched alkanes of at least 4 members (excludes halogenated alkanes) is 1. The first kappa shape index (κ1) is 26.7. The van der Waals surface area contributed by atoms with Gasteiger partial charge in [0.25, 0.3) is 0 Å². The molecule has 0 bridgehead atoms. The summed E-state index contributed by atoms with van der Waals surface area (Å²) in [6, 6.07) is 14.7. The van der Waals surface area contributed by atoms with Gasteiger partial charge in [-0.05, 0) is 86.3 Å². The number of piperazine rings is 1. The van der Waals surface area contributed by atoms with Gasteiger partial charge in [-0.15, -0.1) is 13.2 Å². The summed E-state index contributed by atoms with van der Waals surface area (Å²) >= 11 is 12.6. The van der Waals surface area contributed by atoms with Crippen LogP contribution in [0.5, 0.6) is 5.75 Å². The lowest BCUT2D eigenvalue weighted by Gasteiger charge is -2.35. The Hall–Kier alpha value is -3.12. The molecule has 2 aliphatic heterocycles. The fourth-order valence-corrected chi connectivity index (χ4v) is 6.66. The molecule has 0 atom stereocenters. The summed E-state index contributed by atoms with van der Waals surface area (Å²) in [4.78, 5) is 14.0. The van der Waals surface area contributed by atoms with Gasteiger partial charge in [0.1, 0.15) is 5.75 Å². The zero-order valence-electron chi connectivity index (χ0n) is 34.5. The van der Waals surface area contributed by atoms with Crippen molar-refractivity contribution in [2.24, 2.45) is 5.73 Å². The van der Waals surface area contributed by atoms with E-state index in [0.29, 0.717) is 89.1 Å². The molecule has 2 aliphatic rings. The Morgan fingerprint density at radius 2 is 1.59 bits per heavy atom. The van der Waals surface area contributed by atoms with E-state index < -0.39 is 56.7 Å². The third-order valence-electron chi connectivity index (χ3n) is 8.81. The third-order valence-corrected chi connectivity index (χ3v) is 9.52. The van der Waals surface area contributed by atoms with E-state index >= 15 is 0 Å². The predicted octanol–water partition coefficient (Wildman–Crippen LogP) is 7.65. The van der Waals surface area contributed by atoms with Crippen molar-refractivity contribution in [1.29, 1.82) is 0 Å². The van der Waals surface area contributed by atoms with Gasteiger partial charge in [-0.25, -0.2) is 0 Å². The van der Waals surface area contributed by atoms with Gasteiger partial charge >= 0.3 is 6.36 Å². The summed E-state index contributed by atoms with van der Waals surface area (Å²) in [5, 5.41) is 3.93. The van der Waals surface area contributed by atoms with Crippen molar-refractivity contribution in [3.63, 3.8) is 0 Å². The lowest BCUT2D eigenvalue weighted by atomic mass is 9.83. The Morgan fingerprint density at radius 1 is 0.939 bits per heavy atom. The summed E-state index contributed by atoms with van der Waals surface area (Å²) in [7, 11) is 0. The Labute approximate surface area is 306 Å². The number of halogens is 5. The zero-order valence-corrected chi connectivity index (χ0v) is 28.1. The quantitative estimate of drug-likeness (QED) is 0.146. The van der Waals surface area contributed by atoms with Gasteiger partial charge in [-0.3, -0.25) is 14.6 Å². The van der Waals surface area contributed by atoms with E-state index in [1.165, 1.54) is 42.5 Å². The predicted molar refractivity (Wildman–Crippen MR) is 189 cm³/mol. The van der Waals surface area contributed by atoms with Crippen molar-refractivity contribution < 1.29 is 33.7 Å². The van der Waals surface area contributed by atoms with Gasteiger partial charge in [0.15, 0.2) is 5.78 Å². The van der Waals surface area contributed by atoms with E-state index in [1.54, 1.807) is 18.2 Å². The van der Waals surface area contributed by atoms with E-state index in [4.69, 9.17) is 39.9 Å². The van der Waals surface area contributed by atoms with Gasteiger partial charge in [-0.2, -0.15) is 0 Å². The van der Waals surface area contributed by atoms with E-state index in [-0.39, 0.29) is 21.4 Å². The van der Waals surface area contributed by atoms with Crippen LogP contribution < -0.4 is 15.8 Å². The lowest BCUT2D eigenvalue weighted by molar-refractivity contribution is -0.274. The number of fused-ring (bicyclic) bond motifs is 1. The van der Waals surface area contributed by atoms with Crippen molar-refractivity contribution >= 4 is 39.9 Å². The standard InChI is InChI=1S/C37H42Cl2F3N5O2/c38-32-4-3-5-33(39)31(32)24-46-20-18-45(19-21-46)23-26-7-12-34-29(22-26)30(27-8-10-28(11-9-27)49-37(40,41)42)25-47(34)17-2-1-6-35(48)36(43)13-15-44-16-14-36/h3-5,7-12,22,25,44H,1-2,6,13-21,23-24,43H2/i18D2,19D2,20D2,21D2. The average Bonchev–Trinajstić information content (AvgIpc) is 3.48. The van der Waals surface area contributed by atoms with Crippen LogP contribution in [0.3, 0.4) is 0 Å². The highest BCUT2D eigenvalue weighted by atomic mass is 35.5. The molecule has 0 spiro atoms. The second-order valence-electron chi connectivity index (χ2n) is 12.3. The molecule has 0 saturated carbocycles. The highest BCUT2D eigenvalue weighted by Crippen LogP contribution is 2.34. The maximum atomic E-state index is 13.0. The number of rotatable bonds is 12. The largest absolute Gasteiger partial charge is 0.573 e. The number of aryl methyl sites for hydroxylation is 1. The van der Waals surface area contributed by atoms with Crippen LogP contribution in [0.2, 0.25) is 10.0 Å². The summed E-state index contributed by atoms with van der Waals surface area (Å²) in [6.07, 6.45) is -0.490. The molecule has 0 aliphatic carbocycles. The molecule has 0 radical (unpaired) electrons. The molecular formula is C37H42Cl2F3N5O2. The monoisotopic (exact) mass is 723 g/mol. The second-order valence-corrected chi connectivity index (χ2v) is 13.1. The molecule has 12 heteroatoms. The molecule has 2 saturated heterocycles. The summed E-state index contributed by atoms with van der Waals surface area (Å²) in [5.74, 6) is -0.412. The molecule has 49 heavy (non-hydrogen) atoms. The lowest BCUT2D eigenvalue weighted by Crippen LogP contribution is -2.54. The third kappa shape index (κ3) is 8.98. The number of hydrogen-bond acceptors (Lipinski definition) is 6. The zero-order chi connectivity index (χ0) is 41.8. The molecule has 7 nitrogen and oxygen atoms in total. The molecule has 1 aromatic heterocycles. The van der Waals surface area contributed by atoms with Crippen LogP contribution in [0.4, 0.5) is 13.2 Å². The number of Topliss-reactive ketones (excluding diaryl/α,β-unsaturated/α-hetero) is 1. The number of ketones is 1. The van der Waals surface area contributed by atoms with Crippen molar-refractivity contribution in [1.82, 2.24) is 19.7 Å². The van der Waals surface area contributed by atoms with Gasteiger partial charge in [0.05, 0.1) is 5.54 Å². The average molecular weight is 725 g/mol. The summed E-state index contributed by atoms with van der Waals surface area (Å²) in [5.41, 5.74) is 7.74. The van der Waals surface area contributed by atoms with Crippen molar-refractivity contribution in [2.45, 2.75) is 63.6 Å². The van der Waals surface area contributed by atoms with Crippen LogP contribution in [-0.4, -0.2) is 71.1 Å². The number of piperidine rings is 1. The Kier molecular flexibility index (Phi) is 8.38. The number of aromatic nitrogens is 1. The van der Waals surface area contributed by atoms with Crippen LogP contribution in [0.15, 0.2) is 66.9 Å². The van der Waals surface area contributed by atoms with Crippen LogP contribution in [0, 0.1) is 0 Å². The van der Waals surface area contributed by atoms with E-state index in [9.17, 15) is 18.0 Å². The fraction of sp³-hybridized carbons (Fsp3) is 0.432. The number of alkyl halides is 3. The van der Waals surface area contributed by atoms with Gasteiger partial charge in [-0.1, -0.05) is 47.5 Å². The van der Waals surface area contributed by atoms with Crippen LogP contribution in [-0.2, 0) is 24.4 Å². The highest BCUT2D eigenvalue weighted by molar-refractivity contribution is 6.36. The summed E-state index contributed by atoms with van der Waals surface area (Å²) < 4.78 is 116. The highest BCUT2D eigenvalue weighted by Gasteiger charge is 2.34. The van der Waals surface area contributed by atoms with Crippen molar-refractivity contribution in [2.75, 3.05) is 39.1 Å². The SMILES string of the molecule is [2H]C1([2H])N(Cc2ccc3c(c2)c(-c2ccc(OC(F)(F)F)cc2)cn3CCCCC(=O)C2(N)CCNCC2)C([2H])([2H])C([2H])([2H])N(Cc2c(Cl)cccc2Cl)C1([2H])[2H]. The van der Waals surface area contributed by atoms with Crippen LogP contribution in [0.1, 0.15) is 54.2 Å². The molecule has 0 unspecified atom stereocenters. The van der Waals surface area contributed by atoms with Crippen LogP contribution >= 0.6 is 23.2 Å². The summed E-state index contributed by atoms with van der Waals surface area (Å²) in [6.45, 7) is -11.9.